The Hall–Kier alpha value is -1.18. The van der Waals surface area contributed by atoms with E-state index in [4.69, 9.17) is 4.74 Å². The standard InChI is InChI=1S/C15H20N2OS/c1-3-19-15-6-4-5-14(13(15)11-16)18-12-7-9-17(2)10-8-12/h4-6,12H,3,7-10H2,1-2H3. The van der Waals surface area contributed by atoms with Crippen molar-refractivity contribution in [2.75, 3.05) is 25.9 Å². The summed E-state index contributed by atoms with van der Waals surface area (Å²) >= 11 is 1.69. The number of likely N-dealkylation sites (tertiary alicyclic amines) is 1. The zero-order valence-corrected chi connectivity index (χ0v) is 12.4. The molecule has 0 N–H and O–H groups in total. The van der Waals surface area contributed by atoms with Gasteiger partial charge in [-0.1, -0.05) is 13.0 Å². The number of rotatable bonds is 4. The van der Waals surface area contributed by atoms with Crippen LogP contribution < -0.4 is 4.74 Å². The molecule has 0 unspecified atom stereocenters. The third kappa shape index (κ3) is 3.65. The van der Waals surface area contributed by atoms with Gasteiger partial charge < -0.3 is 9.64 Å². The largest absolute Gasteiger partial charge is 0.489 e. The lowest BCUT2D eigenvalue weighted by Crippen LogP contribution is -2.35. The lowest BCUT2D eigenvalue weighted by molar-refractivity contribution is 0.114. The molecule has 0 radical (unpaired) electrons. The first kappa shape index (κ1) is 14.2. The van der Waals surface area contributed by atoms with E-state index in [-0.39, 0.29) is 6.10 Å². The molecule has 0 aromatic heterocycles. The van der Waals surface area contributed by atoms with Crippen LogP contribution in [0.3, 0.4) is 0 Å². The minimum Gasteiger partial charge on any atom is -0.489 e. The predicted molar refractivity (Wildman–Crippen MR) is 78.7 cm³/mol. The Bertz CT molecular complexity index is 462. The number of nitriles is 1. The summed E-state index contributed by atoms with van der Waals surface area (Å²) in [4.78, 5) is 3.34. The summed E-state index contributed by atoms with van der Waals surface area (Å²) in [6.45, 7) is 4.22. The van der Waals surface area contributed by atoms with E-state index < -0.39 is 0 Å². The van der Waals surface area contributed by atoms with Crippen LogP contribution >= 0.6 is 11.8 Å². The van der Waals surface area contributed by atoms with Crippen LogP contribution in [0.15, 0.2) is 23.1 Å². The smallest absolute Gasteiger partial charge is 0.138 e. The number of hydrogen-bond acceptors (Lipinski definition) is 4. The van der Waals surface area contributed by atoms with Crippen LogP contribution in [-0.4, -0.2) is 36.9 Å². The summed E-state index contributed by atoms with van der Waals surface area (Å²) in [5, 5.41) is 9.35. The molecule has 1 heterocycles. The van der Waals surface area contributed by atoms with Crippen molar-refractivity contribution in [3.8, 4) is 11.8 Å². The van der Waals surface area contributed by atoms with E-state index in [0.29, 0.717) is 5.56 Å². The van der Waals surface area contributed by atoms with Crippen molar-refractivity contribution >= 4 is 11.8 Å². The summed E-state index contributed by atoms with van der Waals surface area (Å²) in [6, 6.07) is 8.17. The van der Waals surface area contributed by atoms with Gasteiger partial charge in [0.25, 0.3) is 0 Å². The Balaban J connectivity index is 2.11. The predicted octanol–water partition coefficient (Wildman–Crippen LogP) is 3.14. The molecular formula is C15H20N2OS. The van der Waals surface area contributed by atoms with Crippen molar-refractivity contribution in [1.82, 2.24) is 4.90 Å². The minimum absolute atomic E-state index is 0.241. The number of hydrogen-bond donors (Lipinski definition) is 0. The molecule has 1 aliphatic heterocycles. The quantitative estimate of drug-likeness (QED) is 0.792. The van der Waals surface area contributed by atoms with Gasteiger partial charge in [0.05, 0.1) is 0 Å². The van der Waals surface area contributed by atoms with Crippen molar-refractivity contribution in [3.63, 3.8) is 0 Å². The molecular weight excluding hydrogens is 256 g/mol. The van der Waals surface area contributed by atoms with Gasteiger partial charge in [0, 0.05) is 18.0 Å². The molecule has 3 nitrogen and oxygen atoms in total. The molecule has 1 aromatic carbocycles. The monoisotopic (exact) mass is 276 g/mol. The first-order chi connectivity index (χ1) is 9.24. The van der Waals surface area contributed by atoms with E-state index in [1.165, 1.54) is 0 Å². The molecule has 4 heteroatoms. The molecule has 1 fully saturated rings. The molecule has 1 aliphatic rings. The Kier molecular flexibility index (Phi) is 5.12. The highest BCUT2D eigenvalue weighted by Crippen LogP contribution is 2.31. The van der Waals surface area contributed by atoms with Gasteiger partial charge in [-0.25, -0.2) is 0 Å². The highest BCUT2D eigenvalue weighted by atomic mass is 32.2. The van der Waals surface area contributed by atoms with Gasteiger partial charge in [0.1, 0.15) is 23.5 Å². The van der Waals surface area contributed by atoms with E-state index in [0.717, 1.165) is 42.3 Å². The Morgan fingerprint density at radius 3 is 2.79 bits per heavy atom. The lowest BCUT2D eigenvalue weighted by Gasteiger charge is -2.29. The zero-order valence-electron chi connectivity index (χ0n) is 11.6. The number of nitrogens with zero attached hydrogens (tertiary/aromatic N) is 2. The molecule has 1 aromatic rings. The second-order valence-corrected chi connectivity index (χ2v) is 6.10. The van der Waals surface area contributed by atoms with E-state index >= 15 is 0 Å². The third-order valence-corrected chi connectivity index (χ3v) is 4.30. The van der Waals surface area contributed by atoms with Gasteiger partial charge in [0.2, 0.25) is 0 Å². The fraction of sp³-hybridized carbons (Fsp3) is 0.533. The van der Waals surface area contributed by atoms with Crippen LogP contribution in [0.1, 0.15) is 25.3 Å². The van der Waals surface area contributed by atoms with Gasteiger partial charge >= 0.3 is 0 Å². The zero-order chi connectivity index (χ0) is 13.7. The molecule has 0 bridgehead atoms. The summed E-state index contributed by atoms with van der Waals surface area (Å²) in [5.74, 6) is 1.71. The molecule has 0 aliphatic carbocycles. The Morgan fingerprint density at radius 1 is 1.42 bits per heavy atom. The van der Waals surface area contributed by atoms with Crippen molar-refractivity contribution < 1.29 is 4.74 Å². The van der Waals surface area contributed by atoms with Crippen LogP contribution in [0.5, 0.6) is 5.75 Å². The lowest BCUT2D eigenvalue weighted by atomic mass is 10.1. The topological polar surface area (TPSA) is 36.3 Å². The molecule has 2 rings (SSSR count). The van der Waals surface area contributed by atoms with E-state index in [2.05, 4.69) is 24.9 Å². The molecule has 19 heavy (non-hydrogen) atoms. The van der Waals surface area contributed by atoms with Gasteiger partial charge in [0.15, 0.2) is 0 Å². The highest BCUT2D eigenvalue weighted by molar-refractivity contribution is 7.99. The number of piperidine rings is 1. The van der Waals surface area contributed by atoms with Crippen LogP contribution in [0.25, 0.3) is 0 Å². The van der Waals surface area contributed by atoms with Gasteiger partial charge in [-0.05, 0) is 37.8 Å². The van der Waals surface area contributed by atoms with E-state index in [1.54, 1.807) is 11.8 Å². The van der Waals surface area contributed by atoms with Gasteiger partial charge in [-0.3, -0.25) is 0 Å². The average Bonchev–Trinajstić information content (AvgIpc) is 2.42. The Morgan fingerprint density at radius 2 is 2.16 bits per heavy atom. The summed E-state index contributed by atoms with van der Waals surface area (Å²) in [7, 11) is 2.13. The molecule has 1 saturated heterocycles. The van der Waals surface area contributed by atoms with Crippen molar-refractivity contribution in [2.45, 2.75) is 30.8 Å². The van der Waals surface area contributed by atoms with Crippen molar-refractivity contribution in [3.05, 3.63) is 23.8 Å². The fourth-order valence-corrected chi connectivity index (χ4v) is 3.05. The molecule has 0 saturated carbocycles. The first-order valence-corrected chi connectivity index (χ1v) is 7.74. The van der Waals surface area contributed by atoms with Crippen LogP contribution in [0.4, 0.5) is 0 Å². The fourth-order valence-electron chi connectivity index (χ4n) is 2.28. The number of ether oxygens (including phenoxy) is 1. The molecule has 0 amide bonds. The van der Waals surface area contributed by atoms with E-state index in [1.807, 2.05) is 18.2 Å². The molecule has 0 atom stereocenters. The summed E-state index contributed by atoms with van der Waals surface area (Å²) in [5.41, 5.74) is 0.688. The maximum atomic E-state index is 9.35. The summed E-state index contributed by atoms with van der Waals surface area (Å²) < 4.78 is 6.05. The molecule has 0 spiro atoms. The first-order valence-electron chi connectivity index (χ1n) is 6.75. The normalized spacial score (nSPS) is 17.1. The summed E-state index contributed by atoms with van der Waals surface area (Å²) in [6.07, 6.45) is 2.31. The number of thioether (sulfide) groups is 1. The average molecular weight is 276 g/mol. The van der Waals surface area contributed by atoms with Gasteiger partial charge in [-0.15, -0.1) is 11.8 Å². The van der Waals surface area contributed by atoms with Crippen molar-refractivity contribution in [2.24, 2.45) is 0 Å². The third-order valence-electron chi connectivity index (χ3n) is 3.36. The SMILES string of the molecule is CCSc1cccc(OC2CCN(C)CC2)c1C#N. The maximum absolute atomic E-state index is 9.35. The second kappa shape index (κ2) is 6.83. The van der Waals surface area contributed by atoms with Crippen LogP contribution in [0.2, 0.25) is 0 Å². The second-order valence-electron chi connectivity index (χ2n) is 4.79. The van der Waals surface area contributed by atoms with Crippen molar-refractivity contribution in [1.29, 1.82) is 5.26 Å². The number of benzene rings is 1. The highest BCUT2D eigenvalue weighted by Gasteiger charge is 2.20. The Labute approximate surface area is 119 Å². The maximum Gasteiger partial charge on any atom is 0.138 e. The van der Waals surface area contributed by atoms with E-state index in [9.17, 15) is 5.26 Å². The minimum atomic E-state index is 0.241. The molecule has 102 valence electrons. The van der Waals surface area contributed by atoms with Crippen LogP contribution in [0, 0.1) is 11.3 Å². The van der Waals surface area contributed by atoms with Crippen LogP contribution in [-0.2, 0) is 0 Å². The van der Waals surface area contributed by atoms with Gasteiger partial charge in [-0.2, -0.15) is 5.26 Å².